The van der Waals surface area contributed by atoms with Crippen LogP contribution in [0.15, 0.2) is 36.7 Å². The third kappa shape index (κ3) is 3.24. The van der Waals surface area contributed by atoms with Crippen molar-refractivity contribution in [1.29, 1.82) is 0 Å². The number of nitrogens with zero attached hydrogens (tertiary/aromatic N) is 2. The molecule has 3 heteroatoms. The molecule has 0 amide bonds. The van der Waals surface area contributed by atoms with Crippen molar-refractivity contribution in [2.75, 3.05) is 6.54 Å². The summed E-state index contributed by atoms with van der Waals surface area (Å²) in [4.78, 5) is 4.41. The van der Waals surface area contributed by atoms with Crippen molar-refractivity contribution < 1.29 is 0 Å². The third-order valence-electron chi connectivity index (χ3n) is 2.95. The summed E-state index contributed by atoms with van der Waals surface area (Å²) >= 11 is 0. The van der Waals surface area contributed by atoms with E-state index in [2.05, 4.69) is 41.3 Å². The van der Waals surface area contributed by atoms with Gasteiger partial charge < -0.3 is 10.3 Å². The maximum atomic E-state index is 5.44. The highest BCUT2D eigenvalue weighted by atomic mass is 15.1. The summed E-state index contributed by atoms with van der Waals surface area (Å²) in [7, 11) is 0. The van der Waals surface area contributed by atoms with Crippen molar-refractivity contribution in [2.45, 2.75) is 26.3 Å². The molecule has 1 aromatic heterocycles. The molecule has 0 unspecified atom stereocenters. The molecule has 1 aromatic carbocycles. The molecule has 1 heterocycles. The molecule has 2 rings (SSSR count). The summed E-state index contributed by atoms with van der Waals surface area (Å²) in [6, 6.07) is 8.17. The zero-order valence-electron chi connectivity index (χ0n) is 11.4. The largest absolute Gasteiger partial charge is 0.330 e. The van der Waals surface area contributed by atoms with Gasteiger partial charge in [-0.2, -0.15) is 0 Å². The van der Waals surface area contributed by atoms with E-state index >= 15 is 0 Å². The normalized spacial score (nSPS) is 10.3. The molecule has 0 aliphatic rings. The van der Waals surface area contributed by atoms with E-state index in [-0.39, 0.29) is 0 Å². The van der Waals surface area contributed by atoms with Gasteiger partial charge in [-0.1, -0.05) is 43.9 Å². The van der Waals surface area contributed by atoms with E-state index in [1.807, 2.05) is 30.6 Å². The van der Waals surface area contributed by atoms with Crippen LogP contribution in [0.5, 0.6) is 0 Å². The van der Waals surface area contributed by atoms with E-state index in [1.165, 1.54) is 5.56 Å². The van der Waals surface area contributed by atoms with Gasteiger partial charge in [-0.3, -0.25) is 0 Å². The van der Waals surface area contributed by atoms with Crippen LogP contribution >= 0.6 is 0 Å². The van der Waals surface area contributed by atoms with Crippen LogP contribution in [0, 0.1) is 11.8 Å². The number of hydrogen-bond acceptors (Lipinski definition) is 2. The molecule has 0 saturated heterocycles. The number of benzene rings is 1. The minimum absolute atomic E-state index is 0.386. The van der Waals surface area contributed by atoms with Gasteiger partial charge in [0.15, 0.2) is 0 Å². The highest BCUT2D eigenvalue weighted by Gasteiger charge is 2.08. The Morgan fingerprint density at radius 2 is 2.11 bits per heavy atom. The molecule has 0 radical (unpaired) electrons. The second kappa shape index (κ2) is 6.21. The van der Waals surface area contributed by atoms with Gasteiger partial charge in [0.25, 0.3) is 0 Å². The average molecular weight is 253 g/mol. The van der Waals surface area contributed by atoms with Crippen molar-refractivity contribution in [3.05, 3.63) is 53.6 Å². The Labute approximate surface area is 114 Å². The minimum atomic E-state index is 0.386. The van der Waals surface area contributed by atoms with Gasteiger partial charge in [0.1, 0.15) is 5.82 Å². The van der Waals surface area contributed by atoms with Crippen LogP contribution in [-0.2, 0) is 6.54 Å². The Kier molecular flexibility index (Phi) is 4.38. The van der Waals surface area contributed by atoms with Crippen LogP contribution in [0.4, 0.5) is 0 Å². The Balaban J connectivity index is 2.30. The van der Waals surface area contributed by atoms with Gasteiger partial charge in [0.2, 0.25) is 0 Å². The smallest absolute Gasteiger partial charge is 0.111 e. The predicted octanol–water partition coefficient (Wildman–Crippen LogP) is 2.37. The SMILES string of the molecule is CC(C)c1nccn1Cc1ccccc1C#CCN. The molecule has 0 spiro atoms. The van der Waals surface area contributed by atoms with Crippen molar-refractivity contribution >= 4 is 0 Å². The Bertz CT molecular complexity index is 600. The summed E-state index contributed by atoms with van der Waals surface area (Å²) in [5.74, 6) is 7.55. The highest BCUT2D eigenvalue weighted by Crippen LogP contribution is 2.15. The molecule has 0 aliphatic heterocycles. The first-order chi connectivity index (χ1) is 9.22. The number of aromatic nitrogens is 2. The monoisotopic (exact) mass is 253 g/mol. The predicted molar refractivity (Wildman–Crippen MR) is 77.8 cm³/mol. The maximum Gasteiger partial charge on any atom is 0.111 e. The van der Waals surface area contributed by atoms with Crippen LogP contribution in [0.1, 0.15) is 36.7 Å². The van der Waals surface area contributed by atoms with Gasteiger partial charge in [-0.15, -0.1) is 0 Å². The second-order valence-electron chi connectivity index (χ2n) is 4.73. The van der Waals surface area contributed by atoms with Crippen molar-refractivity contribution in [1.82, 2.24) is 9.55 Å². The van der Waals surface area contributed by atoms with Gasteiger partial charge in [0, 0.05) is 30.4 Å². The molecule has 19 heavy (non-hydrogen) atoms. The summed E-state index contributed by atoms with van der Waals surface area (Å²) < 4.78 is 2.17. The zero-order valence-corrected chi connectivity index (χ0v) is 11.4. The number of imidazole rings is 1. The standard InChI is InChI=1S/C16H19N3/c1-13(2)16-18-10-11-19(16)12-15-7-4-3-6-14(15)8-5-9-17/h3-4,6-7,10-11,13H,9,12,17H2,1-2H3. The molecule has 0 bridgehead atoms. The van der Waals surface area contributed by atoms with Crippen molar-refractivity contribution in [3.63, 3.8) is 0 Å². The van der Waals surface area contributed by atoms with Crippen LogP contribution in [0.25, 0.3) is 0 Å². The Hall–Kier alpha value is -2.05. The molecule has 0 atom stereocenters. The van der Waals surface area contributed by atoms with Crippen LogP contribution in [-0.4, -0.2) is 16.1 Å². The molecular weight excluding hydrogens is 234 g/mol. The average Bonchev–Trinajstić information content (AvgIpc) is 2.86. The van der Waals surface area contributed by atoms with E-state index < -0.39 is 0 Å². The molecular formula is C16H19N3. The summed E-state index contributed by atoms with van der Waals surface area (Å²) in [6.07, 6.45) is 3.87. The first-order valence-corrected chi connectivity index (χ1v) is 6.50. The lowest BCUT2D eigenvalue weighted by Crippen LogP contribution is -2.07. The fraction of sp³-hybridized carbons (Fsp3) is 0.312. The summed E-state index contributed by atoms with van der Waals surface area (Å²) in [5.41, 5.74) is 7.67. The summed E-state index contributed by atoms with van der Waals surface area (Å²) in [6.45, 7) is 5.48. The lowest BCUT2D eigenvalue weighted by molar-refractivity contribution is 0.669. The van der Waals surface area contributed by atoms with E-state index in [1.54, 1.807) is 0 Å². The van der Waals surface area contributed by atoms with Crippen LogP contribution in [0.3, 0.4) is 0 Å². The molecule has 2 aromatic rings. The molecule has 2 N–H and O–H groups in total. The first kappa shape index (κ1) is 13.4. The maximum absolute atomic E-state index is 5.44. The lowest BCUT2D eigenvalue weighted by Gasteiger charge is -2.11. The Morgan fingerprint density at radius 3 is 2.84 bits per heavy atom. The van der Waals surface area contributed by atoms with Gasteiger partial charge in [-0.25, -0.2) is 4.98 Å². The van der Waals surface area contributed by atoms with Crippen LogP contribution in [0.2, 0.25) is 0 Å². The Morgan fingerprint density at radius 1 is 1.32 bits per heavy atom. The van der Waals surface area contributed by atoms with Gasteiger partial charge >= 0.3 is 0 Å². The van der Waals surface area contributed by atoms with Crippen molar-refractivity contribution in [2.24, 2.45) is 5.73 Å². The highest BCUT2D eigenvalue weighted by molar-refractivity contribution is 5.41. The van der Waals surface area contributed by atoms with Gasteiger partial charge in [0.05, 0.1) is 6.54 Å². The molecule has 0 aliphatic carbocycles. The van der Waals surface area contributed by atoms with Gasteiger partial charge in [-0.05, 0) is 11.6 Å². The van der Waals surface area contributed by atoms with E-state index in [4.69, 9.17) is 5.73 Å². The fourth-order valence-electron chi connectivity index (χ4n) is 2.07. The lowest BCUT2D eigenvalue weighted by atomic mass is 10.1. The molecule has 98 valence electrons. The first-order valence-electron chi connectivity index (χ1n) is 6.50. The van der Waals surface area contributed by atoms with E-state index in [0.717, 1.165) is 17.9 Å². The summed E-state index contributed by atoms with van der Waals surface area (Å²) in [5, 5.41) is 0. The third-order valence-corrected chi connectivity index (χ3v) is 2.95. The topological polar surface area (TPSA) is 43.8 Å². The van der Waals surface area contributed by atoms with Crippen LogP contribution < -0.4 is 5.73 Å². The second-order valence-corrected chi connectivity index (χ2v) is 4.73. The van der Waals surface area contributed by atoms with E-state index in [0.29, 0.717) is 12.5 Å². The molecule has 0 fully saturated rings. The molecule has 0 saturated carbocycles. The minimum Gasteiger partial charge on any atom is -0.330 e. The fourth-order valence-corrected chi connectivity index (χ4v) is 2.07. The zero-order chi connectivity index (χ0) is 13.7. The quantitative estimate of drug-likeness (QED) is 0.853. The number of rotatable bonds is 3. The van der Waals surface area contributed by atoms with Crippen molar-refractivity contribution in [3.8, 4) is 11.8 Å². The molecule has 3 nitrogen and oxygen atoms in total. The van der Waals surface area contributed by atoms with E-state index in [9.17, 15) is 0 Å². The number of nitrogens with two attached hydrogens (primary N) is 1. The number of hydrogen-bond donors (Lipinski definition) is 1.